The summed E-state index contributed by atoms with van der Waals surface area (Å²) in [6.45, 7) is 44.3. The number of amides is 2. The van der Waals surface area contributed by atoms with Gasteiger partial charge in [0.05, 0.1) is 63.7 Å². The largest absolute Gasteiger partial charge is 0.491 e. The first-order valence-electron chi connectivity index (χ1n) is 48.3. The van der Waals surface area contributed by atoms with Crippen LogP contribution in [0.5, 0.6) is 11.5 Å². The third kappa shape index (κ3) is 24.7. The van der Waals surface area contributed by atoms with E-state index in [1.165, 1.54) is 78.9 Å². The fourth-order valence-electron chi connectivity index (χ4n) is 17.9. The van der Waals surface area contributed by atoms with Crippen LogP contribution in [0.15, 0.2) is 352 Å². The molecule has 136 heavy (non-hydrogen) atoms. The molecule has 2 N–H and O–H groups in total. The molecule has 0 radical (unpaired) electrons. The summed E-state index contributed by atoms with van der Waals surface area (Å²) in [5.41, 5.74) is 29.6. The van der Waals surface area contributed by atoms with E-state index in [-0.39, 0.29) is 58.8 Å². The highest BCUT2D eigenvalue weighted by molar-refractivity contribution is 5.96. The molecule has 14 aromatic carbocycles. The third-order valence-corrected chi connectivity index (χ3v) is 26.2. The highest BCUT2D eigenvalue weighted by atomic mass is 16.5. The second-order valence-electron chi connectivity index (χ2n) is 42.0. The van der Waals surface area contributed by atoms with Gasteiger partial charge < -0.3 is 39.1 Å². The van der Waals surface area contributed by atoms with Crippen molar-refractivity contribution >= 4 is 11.8 Å². The molecule has 0 saturated heterocycles. The molecule has 0 bridgehead atoms. The zero-order chi connectivity index (χ0) is 96.5. The lowest BCUT2D eigenvalue weighted by Gasteiger charge is -2.37. The Hall–Kier alpha value is -12.8. The SMILES string of the molecule is CC(C)(C)c1ccc(-c2ccc(C(c3ccc(OCCOCCOCCNC(=O)/C=C/C(=O)NCCOCCOCCOc4ccc(C(c5ccc(-c6ccc(C(C)(C)C)cc6)cc5)(c5ccc(-c6ccc(C(C)(C)C)cc6)cc5)c5ccc(-c6ccc(C(C)(C)C)cc6)cc5)cc4)cc3)(c3ccc(-c4ccc(C(C)(C)C)cc4)cc3)c3ccc(-c4ccc(C(C)(C)C)cc4)cc3)cc2)cc1. The summed E-state index contributed by atoms with van der Waals surface area (Å²) in [7, 11) is 0. The summed E-state index contributed by atoms with van der Waals surface area (Å²) < 4.78 is 36.2. The normalized spacial score (nSPS) is 12.4. The first-order valence-corrected chi connectivity index (χ1v) is 48.3. The Kier molecular flexibility index (Phi) is 31.7. The van der Waals surface area contributed by atoms with Gasteiger partial charge in [0.15, 0.2) is 0 Å². The predicted octanol–water partition coefficient (Wildman–Crippen LogP) is 28.6. The second kappa shape index (κ2) is 43.5. The minimum atomic E-state index is -0.752. The summed E-state index contributed by atoms with van der Waals surface area (Å²) in [5, 5.41) is 5.55. The van der Waals surface area contributed by atoms with Gasteiger partial charge in [-0.05, 0) is 201 Å². The van der Waals surface area contributed by atoms with Crippen molar-refractivity contribution in [1.82, 2.24) is 10.6 Å². The molecule has 2 amide bonds. The molecule has 0 heterocycles. The fraction of sp³-hybridized carbons (Fsp3) is 0.302. The van der Waals surface area contributed by atoms with Gasteiger partial charge in [-0.25, -0.2) is 0 Å². The Morgan fingerprint density at radius 1 is 0.184 bits per heavy atom. The number of hydrogen-bond donors (Lipinski definition) is 2. The number of ether oxygens (including phenoxy) is 6. The van der Waals surface area contributed by atoms with Crippen molar-refractivity contribution in [3.63, 3.8) is 0 Å². The Bertz CT molecular complexity index is 5350. The number of carbonyl (C=O) groups excluding carboxylic acids is 2. The number of carbonyl (C=O) groups is 2. The molecule has 10 nitrogen and oxygen atoms in total. The molecule has 0 aromatic heterocycles. The molecule has 14 aromatic rings. The fourth-order valence-corrected chi connectivity index (χ4v) is 17.9. The van der Waals surface area contributed by atoms with Crippen LogP contribution in [0.1, 0.15) is 203 Å². The lowest BCUT2D eigenvalue weighted by Crippen LogP contribution is -2.31. The highest BCUT2D eigenvalue weighted by Crippen LogP contribution is 2.50. The van der Waals surface area contributed by atoms with Gasteiger partial charge in [0.25, 0.3) is 0 Å². The van der Waals surface area contributed by atoms with E-state index in [1.807, 2.05) is 0 Å². The zero-order valence-electron chi connectivity index (χ0n) is 83.2. The Labute approximate surface area is 810 Å². The molecule has 0 spiro atoms. The standard InChI is InChI=1S/C126H138N2O8/c1-119(2,3)101-43-19-89(20-44-101)95-31-55-107(56-32-95)125(108-57-33-96(34-58-108)90-21-45-102(46-22-90)120(4,5)6,109-59-35-97(36-60-109)91-23-47-103(48-24-91)121(7,8)9)113-67-71-115(72-68-113)135-87-85-133-83-81-131-79-77-127-117(129)75-76-118(130)128-78-80-132-82-84-134-86-88-136-116-73-69-114(70-74-116)126(110-61-37-98(38-62-110)92-25-49-104(50-26-92)122(10,11)12,111-63-39-99(40-64-111)93-27-51-105(52-28-93)123(13,14)15)112-65-41-100(42-66-112)94-29-53-106(54-30-94)124(16,17)18/h19-76H,77-88H2,1-18H3,(H,127,129)(H,128,130)/b76-75+. The molecular formula is C126H138N2O8. The monoisotopic (exact) mass is 1810 g/mol. The summed E-state index contributed by atoms with van der Waals surface area (Å²) in [6.07, 6.45) is 2.42. The van der Waals surface area contributed by atoms with E-state index in [4.69, 9.17) is 28.4 Å². The van der Waals surface area contributed by atoms with E-state index in [0.29, 0.717) is 52.9 Å². The van der Waals surface area contributed by atoms with Crippen LogP contribution in [0.25, 0.3) is 66.8 Å². The van der Waals surface area contributed by atoms with Crippen molar-refractivity contribution in [3.05, 3.63) is 430 Å². The van der Waals surface area contributed by atoms with E-state index in [9.17, 15) is 9.59 Å². The number of hydrogen-bond acceptors (Lipinski definition) is 8. The van der Waals surface area contributed by atoms with Crippen LogP contribution in [-0.4, -0.2) is 91.0 Å². The van der Waals surface area contributed by atoms with Crippen LogP contribution in [0.2, 0.25) is 0 Å². The van der Waals surface area contributed by atoms with Crippen molar-refractivity contribution in [1.29, 1.82) is 0 Å². The topological polar surface area (TPSA) is 114 Å². The van der Waals surface area contributed by atoms with Gasteiger partial charge >= 0.3 is 0 Å². The predicted molar refractivity (Wildman–Crippen MR) is 564 cm³/mol. The lowest BCUT2D eigenvalue weighted by atomic mass is 9.64. The van der Waals surface area contributed by atoms with Gasteiger partial charge in [-0.3, -0.25) is 9.59 Å². The number of benzene rings is 14. The summed E-state index contributed by atoms with van der Waals surface area (Å²) in [4.78, 5) is 25.4. The third-order valence-electron chi connectivity index (χ3n) is 26.2. The van der Waals surface area contributed by atoms with Crippen molar-refractivity contribution in [2.45, 2.75) is 168 Å². The molecule has 0 saturated carbocycles. The Balaban J connectivity index is 0.536. The van der Waals surface area contributed by atoms with Crippen LogP contribution < -0.4 is 20.1 Å². The molecule has 0 aliphatic heterocycles. The van der Waals surface area contributed by atoms with Gasteiger partial charge in [-0.1, -0.05) is 440 Å². The van der Waals surface area contributed by atoms with Gasteiger partial charge in [0.2, 0.25) is 11.8 Å². The molecule has 0 aliphatic rings. The molecule has 0 atom stereocenters. The van der Waals surface area contributed by atoms with Gasteiger partial charge in [0, 0.05) is 25.2 Å². The second-order valence-corrected chi connectivity index (χ2v) is 42.0. The maximum absolute atomic E-state index is 12.7. The minimum Gasteiger partial charge on any atom is -0.491 e. The van der Waals surface area contributed by atoms with Gasteiger partial charge in [0.1, 0.15) is 24.7 Å². The maximum atomic E-state index is 12.7. The van der Waals surface area contributed by atoms with Crippen LogP contribution in [-0.2, 0) is 71.9 Å². The van der Waals surface area contributed by atoms with Gasteiger partial charge in [-0.15, -0.1) is 0 Å². The summed E-state index contributed by atoms with van der Waals surface area (Å²) >= 11 is 0. The van der Waals surface area contributed by atoms with Crippen molar-refractivity contribution < 1.29 is 38.0 Å². The van der Waals surface area contributed by atoms with Crippen molar-refractivity contribution in [3.8, 4) is 78.3 Å². The van der Waals surface area contributed by atoms with E-state index >= 15 is 0 Å². The minimum absolute atomic E-state index is 0.0508. The maximum Gasteiger partial charge on any atom is 0.244 e. The molecule has 0 unspecified atom stereocenters. The first kappa shape index (κ1) is 99.2. The van der Waals surface area contributed by atoms with E-state index in [0.717, 1.165) is 89.4 Å². The van der Waals surface area contributed by atoms with E-state index < -0.39 is 22.6 Å². The summed E-state index contributed by atoms with van der Waals surface area (Å²) in [6, 6.07) is 126. The first-order chi connectivity index (χ1) is 65.0. The Morgan fingerprint density at radius 2 is 0.316 bits per heavy atom. The average molecular weight is 1810 g/mol. The van der Waals surface area contributed by atoms with Gasteiger partial charge in [-0.2, -0.15) is 0 Å². The van der Waals surface area contributed by atoms with Crippen LogP contribution in [0.4, 0.5) is 0 Å². The molecular weight excluding hydrogens is 1670 g/mol. The number of rotatable bonds is 36. The van der Waals surface area contributed by atoms with Crippen LogP contribution in [0.3, 0.4) is 0 Å². The van der Waals surface area contributed by atoms with Crippen molar-refractivity contribution in [2.24, 2.45) is 0 Å². The Morgan fingerprint density at radius 3 is 0.471 bits per heavy atom. The van der Waals surface area contributed by atoms with Crippen molar-refractivity contribution in [2.75, 3.05) is 79.2 Å². The molecule has 0 aliphatic carbocycles. The van der Waals surface area contributed by atoms with E-state index in [1.54, 1.807) is 0 Å². The quantitative estimate of drug-likeness (QED) is 0.0227. The average Bonchev–Trinajstić information content (AvgIpc) is 0.731. The summed E-state index contributed by atoms with van der Waals surface area (Å²) in [5.74, 6) is 0.646. The molecule has 700 valence electrons. The zero-order valence-corrected chi connectivity index (χ0v) is 83.2. The van der Waals surface area contributed by atoms with E-state index in [2.05, 4.69) is 475 Å². The highest BCUT2D eigenvalue weighted by Gasteiger charge is 2.41. The lowest BCUT2D eigenvalue weighted by molar-refractivity contribution is -0.119. The van der Waals surface area contributed by atoms with Crippen LogP contribution >= 0.6 is 0 Å². The molecule has 10 heteroatoms. The smallest absolute Gasteiger partial charge is 0.244 e. The molecule has 0 fully saturated rings. The number of nitrogens with one attached hydrogen (secondary N) is 2. The van der Waals surface area contributed by atoms with Crippen LogP contribution in [0, 0.1) is 0 Å². The molecule has 14 rings (SSSR count).